The lowest BCUT2D eigenvalue weighted by Crippen LogP contribution is -1.88. The predicted molar refractivity (Wildman–Crippen MR) is 85.2 cm³/mol. The van der Waals surface area contributed by atoms with Gasteiger partial charge in [0.05, 0.1) is 4.88 Å². The van der Waals surface area contributed by atoms with E-state index in [0.717, 1.165) is 47.8 Å². The van der Waals surface area contributed by atoms with Crippen molar-refractivity contribution in [2.24, 2.45) is 0 Å². The van der Waals surface area contributed by atoms with Gasteiger partial charge in [-0.2, -0.15) is 0 Å². The van der Waals surface area contributed by atoms with Crippen LogP contribution in [0, 0.1) is 0 Å². The van der Waals surface area contributed by atoms with Crippen molar-refractivity contribution in [3.05, 3.63) is 40.3 Å². The number of aromatic hydroxyl groups is 1. The van der Waals surface area contributed by atoms with E-state index in [9.17, 15) is 9.90 Å². The zero-order valence-electron chi connectivity index (χ0n) is 11.8. The van der Waals surface area contributed by atoms with Crippen LogP contribution in [0.25, 0.3) is 22.1 Å². The maximum Gasteiger partial charge on any atom is 0.160 e. The number of para-hydroxylation sites is 1. The van der Waals surface area contributed by atoms with Crippen molar-refractivity contribution in [1.29, 1.82) is 0 Å². The number of hydrogen-bond acceptors (Lipinski definition) is 4. The van der Waals surface area contributed by atoms with Gasteiger partial charge in [0.2, 0.25) is 0 Å². The minimum absolute atomic E-state index is 0.145. The zero-order valence-corrected chi connectivity index (χ0v) is 12.6. The quantitative estimate of drug-likeness (QED) is 0.673. The number of benzene rings is 1. The zero-order chi connectivity index (χ0) is 14.8. The van der Waals surface area contributed by atoms with Crippen molar-refractivity contribution in [2.75, 3.05) is 0 Å². The highest BCUT2D eigenvalue weighted by Gasteiger charge is 2.22. The molecule has 21 heavy (non-hydrogen) atoms. The van der Waals surface area contributed by atoms with Crippen molar-refractivity contribution in [3.8, 4) is 16.9 Å². The van der Waals surface area contributed by atoms with Gasteiger partial charge in [-0.25, -0.2) is 0 Å². The van der Waals surface area contributed by atoms with E-state index in [4.69, 9.17) is 4.42 Å². The van der Waals surface area contributed by atoms with Gasteiger partial charge >= 0.3 is 0 Å². The summed E-state index contributed by atoms with van der Waals surface area (Å²) in [4.78, 5) is 11.8. The normalized spacial score (nSPS) is 11.1. The number of thiophene rings is 1. The topological polar surface area (TPSA) is 50.4 Å². The van der Waals surface area contributed by atoms with Crippen LogP contribution in [0.15, 0.2) is 34.1 Å². The third kappa shape index (κ3) is 2.36. The average molecular weight is 300 g/mol. The number of carbonyl (C=O) groups is 1. The van der Waals surface area contributed by atoms with E-state index in [0.29, 0.717) is 10.4 Å². The van der Waals surface area contributed by atoms with Gasteiger partial charge in [0.15, 0.2) is 6.29 Å². The summed E-state index contributed by atoms with van der Waals surface area (Å²) in [6.45, 7) is 2.13. The van der Waals surface area contributed by atoms with Crippen LogP contribution in [-0.2, 0) is 6.42 Å². The molecule has 0 amide bonds. The Labute approximate surface area is 126 Å². The predicted octanol–water partition coefficient (Wildman–Crippen LogP) is 5.02. The minimum Gasteiger partial charge on any atom is -0.506 e. The van der Waals surface area contributed by atoms with E-state index in [1.54, 1.807) is 5.38 Å². The number of aryl methyl sites for hydroxylation is 1. The second kappa shape index (κ2) is 5.74. The molecule has 0 aliphatic rings. The number of rotatable bonds is 5. The van der Waals surface area contributed by atoms with Crippen LogP contribution >= 0.6 is 11.3 Å². The summed E-state index contributed by atoms with van der Waals surface area (Å²) in [6, 6.07) is 7.75. The Morgan fingerprint density at radius 2 is 2.10 bits per heavy atom. The molecule has 0 saturated carbocycles. The number of carbonyl (C=O) groups excluding carboxylic acids is 1. The first-order valence-electron chi connectivity index (χ1n) is 7.02. The van der Waals surface area contributed by atoms with Crippen LogP contribution in [-0.4, -0.2) is 11.4 Å². The molecular weight excluding hydrogens is 284 g/mol. The summed E-state index contributed by atoms with van der Waals surface area (Å²) in [5.74, 6) is 0.987. The summed E-state index contributed by atoms with van der Waals surface area (Å²) < 4.78 is 5.96. The first-order valence-corrected chi connectivity index (χ1v) is 7.90. The molecule has 0 radical (unpaired) electrons. The molecule has 0 unspecified atom stereocenters. The molecule has 3 aromatic rings. The maximum absolute atomic E-state index is 11.3. The van der Waals surface area contributed by atoms with Gasteiger partial charge in [-0.1, -0.05) is 31.5 Å². The molecule has 0 fully saturated rings. The van der Waals surface area contributed by atoms with Crippen molar-refractivity contribution < 1.29 is 14.3 Å². The van der Waals surface area contributed by atoms with Gasteiger partial charge in [0.25, 0.3) is 0 Å². The van der Waals surface area contributed by atoms with Gasteiger partial charge in [-0.15, -0.1) is 11.3 Å². The standard InChI is InChI=1S/C17H16O3S/c1-2-3-7-14-16(11-6-4-5-8-13(11)20-14)17-12(19)10-21-15(17)9-18/h4-6,8-10,19H,2-3,7H2,1H3. The van der Waals surface area contributed by atoms with Crippen molar-refractivity contribution in [1.82, 2.24) is 0 Å². The molecule has 2 heterocycles. The van der Waals surface area contributed by atoms with Crippen LogP contribution in [0.5, 0.6) is 5.75 Å². The number of unbranched alkanes of at least 4 members (excludes halogenated alkanes) is 1. The maximum atomic E-state index is 11.3. The Kier molecular flexibility index (Phi) is 3.80. The van der Waals surface area contributed by atoms with Crippen LogP contribution < -0.4 is 0 Å². The highest BCUT2D eigenvalue weighted by atomic mass is 32.1. The molecule has 0 atom stereocenters. The Hall–Kier alpha value is -2.07. The first-order chi connectivity index (χ1) is 10.3. The van der Waals surface area contributed by atoms with Crippen molar-refractivity contribution in [2.45, 2.75) is 26.2 Å². The number of furan rings is 1. The molecule has 3 rings (SSSR count). The third-order valence-corrected chi connectivity index (χ3v) is 4.48. The number of fused-ring (bicyclic) bond motifs is 1. The van der Waals surface area contributed by atoms with Gasteiger partial charge in [0.1, 0.15) is 17.1 Å². The fourth-order valence-corrected chi connectivity index (χ4v) is 3.32. The largest absolute Gasteiger partial charge is 0.506 e. The third-order valence-electron chi connectivity index (χ3n) is 3.58. The summed E-state index contributed by atoms with van der Waals surface area (Å²) in [5, 5.41) is 12.7. The number of aldehydes is 1. The van der Waals surface area contributed by atoms with E-state index in [2.05, 4.69) is 6.92 Å². The highest BCUT2D eigenvalue weighted by Crippen LogP contribution is 2.43. The van der Waals surface area contributed by atoms with Crippen LogP contribution in [0.1, 0.15) is 35.2 Å². The summed E-state index contributed by atoms with van der Waals surface area (Å²) in [7, 11) is 0. The fourth-order valence-electron chi connectivity index (χ4n) is 2.58. The van der Waals surface area contributed by atoms with Crippen LogP contribution in [0.3, 0.4) is 0 Å². The smallest absolute Gasteiger partial charge is 0.160 e. The van der Waals surface area contributed by atoms with Gasteiger partial charge in [-0.3, -0.25) is 4.79 Å². The van der Waals surface area contributed by atoms with E-state index < -0.39 is 0 Å². The molecular formula is C17H16O3S. The summed E-state index contributed by atoms with van der Waals surface area (Å²) in [5.41, 5.74) is 2.26. The lowest BCUT2D eigenvalue weighted by molar-refractivity contribution is 0.112. The lowest BCUT2D eigenvalue weighted by Gasteiger charge is -2.03. The van der Waals surface area contributed by atoms with E-state index in [1.165, 1.54) is 11.3 Å². The summed E-state index contributed by atoms with van der Waals surface area (Å²) >= 11 is 1.26. The molecule has 3 nitrogen and oxygen atoms in total. The van der Waals surface area contributed by atoms with E-state index >= 15 is 0 Å². The van der Waals surface area contributed by atoms with E-state index in [1.807, 2.05) is 24.3 Å². The second-order valence-electron chi connectivity index (χ2n) is 4.98. The van der Waals surface area contributed by atoms with Gasteiger partial charge < -0.3 is 9.52 Å². The molecule has 0 bridgehead atoms. The van der Waals surface area contributed by atoms with E-state index in [-0.39, 0.29) is 5.75 Å². The highest BCUT2D eigenvalue weighted by molar-refractivity contribution is 7.12. The van der Waals surface area contributed by atoms with Crippen LogP contribution in [0.2, 0.25) is 0 Å². The van der Waals surface area contributed by atoms with Crippen molar-refractivity contribution in [3.63, 3.8) is 0 Å². The first kappa shape index (κ1) is 13.9. The second-order valence-corrected chi connectivity index (χ2v) is 5.89. The molecule has 0 saturated heterocycles. The Bertz CT molecular complexity index is 783. The molecule has 0 aliphatic heterocycles. The molecule has 1 N–H and O–H groups in total. The molecule has 0 aliphatic carbocycles. The van der Waals surface area contributed by atoms with Crippen LogP contribution in [0.4, 0.5) is 0 Å². The Morgan fingerprint density at radius 3 is 2.86 bits per heavy atom. The molecule has 0 spiro atoms. The monoisotopic (exact) mass is 300 g/mol. The minimum atomic E-state index is 0.145. The fraction of sp³-hybridized carbons (Fsp3) is 0.235. The number of hydrogen-bond donors (Lipinski definition) is 1. The SMILES string of the molecule is CCCCc1oc2ccccc2c1-c1c(O)csc1C=O. The Balaban J connectivity index is 2.28. The average Bonchev–Trinajstić information content (AvgIpc) is 3.04. The molecule has 1 aromatic carbocycles. The Morgan fingerprint density at radius 1 is 1.29 bits per heavy atom. The molecule has 108 valence electrons. The lowest BCUT2D eigenvalue weighted by atomic mass is 10.00. The van der Waals surface area contributed by atoms with Gasteiger partial charge in [-0.05, 0) is 12.5 Å². The van der Waals surface area contributed by atoms with Gasteiger partial charge in [0, 0.05) is 28.3 Å². The molecule has 2 aromatic heterocycles. The summed E-state index contributed by atoms with van der Waals surface area (Å²) in [6.07, 6.45) is 3.67. The van der Waals surface area contributed by atoms with Crippen molar-refractivity contribution >= 4 is 28.6 Å². The molecule has 4 heteroatoms.